The molecule has 1 unspecified atom stereocenters. The summed E-state index contributed by atoms with van der Waals surface area (Å²) in [5.41, 5.74) is -1.35. The zero-order valence-corrected chi connectivity index (χ0v) is 10.1. The molecule has 0 bridgehead atoms. The minimum Gasteiger partial charge on any atom is -0.294 e. The number of ketones is 1. The van der Waals surface area contributed by atoms with Crippen molar-refractivity contribution in [1.29, 1.82) is 0 Å². The van der Waals surface area contributed by atoms with Gasteiger partial charge in [-0.2, -0.15) is 13.2 Å². The van der Waals surface area contributed by atoms with Crippen molar-refractivity contribution in [3.8, 4) is 0 Å². The average molecular weight is 262 g/mol. The molecule has 1 aromatic carbocycles. The van der Waals surface area contributed by atoms with Crippen molar-refractivity contribution in [2.45, 2.75) is 32.9 Å². The number of hydrogen-bond acceptors (Lipinski definition) is 1. The highest BCUT2D eigenvalue weighted by atomic mass is 19.4. The van der Waals surface area contributed by atoms with E-state index in [0.29, 0.717) is 18.6 Å². The number of Topliss-reactive ketones (excluding diaryl/α,β-unsaturated/α-hetero) is 1. The smallest absolute Gasteiger partial charge is 0.294 e. The van der Waals surface area contributed by atoms with Gasteiger partial charge in [0.1, 0.15) is 5.82 Å². The molecular weight excluding hydrogens is 248 g/mol. The highest BCUT2D eigenvalue weighted by Gasteiger charge is 2.32. The van der Waals surface area contributed by atoms with Crippen molar-refractivity contribution in [3.05, 3.63) is 35.1 Å². The Morgan fingerprint density at radius 1 is 1.28 bits per heavy atom. The van der Waals surface area contributed by atoms with Crippen molar-refractivity contribution in [1.82, 2.24) is 0 Å². The van der Waals surface area contributed by atoms with Gasteiger partial charge in [0.15, 0.2) is 5.78 Å². The average Bonchev–Trinajstić information content (AvgIpc) is 2.26. The summed E-state index contributed by atoms with van der Waals surface area (Å²) in [6.45, 7) is 3.50. The van der Waals surface area contributed by atoms with Crippen LogP contribution in [0.4, 0.5) is 17.6 Å². The Kier molecular flexibility index (Phi) is 4.48. The van der Waals surface area contributed by atoms with Gasteiger partial charge in [-0.15, -0.1) is 0 Å². The standard InChI is InChI=1S/C13H14F4O/c1-3-4-8(2)12(18)9-5-10(13(15,16)17)7-11(14)6-9/h5-8H,3-4H2,1-2H3. The van der Waals surface area contributed by atoms with Crippen LogP contribution >= 0.6 is 0 Å². The van der Waals surface area contributed by atoms with E-state index in [9.17, 15) is 22.4 Å². The third kappa shape index (κ3) is 3.55. The lowest BCUT2D eigenvalue weighted by atomic mass is 9.94. The van der Waals surface area contributed by atoms with Crippen LogP contribution in [-0.2, 0) is 6.18 Å². The van der Waals surface area contributed by atoms with E-state index < -0.39 is 29.3 Å². The number of carbonyl (C=O) groups excluding carboxylic acids is 1. The molecule has 0 fully saturated rings. The van der Waals surface area contributed by atoms with Crippen LogP contribution in [0.5, 0.6) is 0 Å². The van der Waals surface area contributed by atoms with Gasteiger partial charge in [-0.1, -0.05) is 20.3 Å². The molecule has 0 radical (unpaired) electrons. The normalized spacial score (nSPS) is 13.4. The summed E-state index contributed by atoms with van der Waals surface area (Å²) >= 11 is 0. The first kappa shape index (κ1) is 14.7. The second-order valence-electron chi connectivity index (χ2n) is 4.28. The molecule has 0 heterocycles. The predicted octanol–water partition coefficient (Wildman–Crippen LogP) is 4.46. The van der Waals surface area contributed by atoms with Crippen LogP contribution in [0.2, 0.25) is 0 Å². The molecule has 100 valence electrons. The van der Waals surface area contributed by atoms with E-state index in [1.165, 1.54) is 0 Å². The number of carbonyl (C=O) groups is 1. The number of hydrogen-bond donors (Lipinski definition) is 0. The molecule has 0 N–H and O–H groups in total. The molecule has 0 saturated heterocycles. The van der Waals surface area contributed by atoms with Crippen molar-refractivity contribution >= 4 is 5.78 Å². The van der Waals surface area contributed by atoms with E-state index in [0.717, 1.165) is 12.5 Å². The highest BCUT2D eigenvalue weighted by molar-refractivity contribution is 5.97. The monoisotopic (exact) mass is 262 g/mol. The second-order valence-corrected chi connectivity index (χ2v) is 4.28. The van der Waals surface area contributed by atoms with Crippen LogP contribution < -0.4 is 0 Å². The summed E-state index contributed by atoms with van der Waals surface area (Å²) in [6.07, 6.45) is -3.34. The van der Waals surface area contributed by atoms with Gasteiger partial charge in [-0.25, -0.2) is 4.39 Å². The summed E-state index contributed by atoms with van der Waals surface area (Å²) in [7, 11) is 0. The molecule has 1 nitrogen and oxygen atoms in total. The topological polar surface area (TPSA) is 17.1 Å². The molecule has 1 aromatic rings. The predicted molar refractivity (Wildman–Crippen MR) is 59.8 cm³/mol. The van der Waals surface area contributed by atoms with E-state index in [-0.39, 0.29) is 5.56 Å². The molecule has 0 aliphatic carbocycles. The Hall–Kier alpha value is -1.39. The zero-order valence-electron chi connectivity index (χ0n) is 10.1. The van der Waals surface area contributed by atoms with Crippen molar-refractivity contribution < 1.29 is 22.4 Å². The molecule has 0 spiro atoms. The van der Waals surface area contributed by atoms with Crippen molar-refractivity contribution in [3.63, 3.8) is 0 Å². The van der Waals surface area contributed by atoms with E-state index >= 15 is 0 Å². The quantitative estimate of drug-likeness (QED) is 0.578. The maximum atomic E-state index is 13.1. The molecule has 1 rings (SSSR count). The molecule has 0 aliphatic heterocycles. The van der Waals surface area contributed by atoms with E-state index in [4.69, 9.17) is 0 Å². The van der Waals surface area contributed by atoms with Gasteiger partial charge < -0.3 is 0 Å². The van der Waals surface area contributed by atoms with E-state index in [2.05, 4.69) is 0 Å². The van der Waals surface area contributed by atoms with Crippen LogP contribution in [0.1, 0.15) is 42.6 Å². The fourth-order valence-electron chi connectivity index (χ4n) is 1.74. The molecule has 0 aromatic heterocycles. The summed E-state index contributed by atoms with van der Waals surface area (Å²) in [6, 6.07) is 1.95. The zero-order chi connectivity index (χ0) is 13.9. The first-order chi connectivity index (χ1) is 8.25. The lowest BCUT2D eigenvalue weighted by Gasteiger charge is -2.12. The van der Waals surface area contributed by atoms with Gasteiger partial charge in [0.25, 0.3) is 0 Å². The fourth-order valence-corrected chi connectivity index (χ4v) is 1.74. The first-order valence-corrected chi connectivity index (χ1v) is 5.67. The molecule has 0 amide bonds. The summed E-state index contributed by atoms with van der Waals surface area (Å²) < 4.78 is 50.6. The minimum absolute atomic E-state index is 0.219. The van der Waals surface area contributed by atoms with Crippen molar-refractivity contribution in [2.75, 3.05) is 0 Å². The van der Waals surface area contributed by atoms with Crippen LogP contribution in [-0.4, -0.2) is 5.78 Å². The Labute approximate surface area is 103 Å². The fraction of sp³-hybridized carbons (Fsp3) is 0.462. The number of alkyl halides is 3. The highest BCUT2D eigenvalue weighted by Crippen LogP contribution is 2.31. The molecule has 0 saturated carbocycles. The van der Waals surface area contributed by atoms with Gasteiger partial charge in [0.05, 0.1) is 5.56 Å². The third-order valence-corrected chi connectivity index (χ3v) is 2.68. The maximum absolute atomic E-state index is 13.1. The summed E-state index contributed by atoms with van der Waals surface area (Å²) in [4.78, 5) is 11.8. The van der Waals surface area contributed by atoms with Gasteiger partial charge in [-0.3, -0.25) is 4.79 Å². The Morgan fingerprint density at radius 3 is 2.39 bits per heavy atom. The van der Waals surface area contributed by atoms with E-state index in [1.54, 1.807) is 6.92 Å². The molecule has 5 heteroatoms. The Balaban J connectivity index is 3.10. The van der Waals surface area contributed by atoms with Crippen LogP contribution in [0.3, 0.4) is 0 Å². The molecule has 1 atom stereocenters. The minimum atomic E-state index is -4.65. The summed E-state index contributed by atoms with van der Waals surface area (Å²) in [5.74, 6) is -1.91. The van der Waals surface area contributed by atoms with Gasteiger partial charge in [0, 0.05) is 11.5 Å². The number of benzene rings is 1. The molecule has 0 aliphatic rings. The maximum Gasteiger partial charge on any atom is 0.416 e. The number of rotatable bonds is 4. The van der Waals surface area contributed by atoms with Gasteiger partial charge in [0.2, 0.25) is 0 Å². The van der Waals surface area contributed by atoms with Crippen LogP contribution in [0.15, 0.2) is 18.2 Å². The van der Waals surface area contributed by atoms with Crippen LogP contribution in [0.25, 0.3) is 0 Å². The van der Waals surface area contributed by atoms with Crippen LogP contribution in [0, 0.1) is 11.7 Å². The Morgan fingerprint density at radius 2 is 1.89 bits per heavy atom. The Bertz CT molecular complexity index is 437. The lowest BCUT2D eigenvalue weighted by molar-refractivity contribution is -0.137. The second kappa shape index (κ2) is 5.50. The largest absolute Gasteiger partial charge is 0.416 e. The molecule has 18 heavy (non-hydrogen) atoms. The summed E-state index contributed by atoms with van der Waals surface area (Å²) in [5, 5.41) is 0. The first-order valence-electron chi connectivity index (χ1n) is 5.67. The van der Waals surface area contributed by atoms with E-state index in [1.807, 2.05) is 6.92 Å². The van der Waals surface area contributed by atoms with Gasteiger partial charge in [-0.05, 0) is 24.6 Å². The lowest BCUT2D eigenvalue weighted by Crippen LogP contribution is -2.14. The third-order valence-electron chi connectivity index (χ3n) is 2.68. The SMILES string of the molecule is CCCC(C)C(=O)c1cc(F)cc(C(F)(F)F)c1. The van der Waals surface area contributed by atoms with Gasteiger partial charge >= 0.3 is 6.18 Å². The number of halogens is 4. The van der Waals surface area contributed by atoms with Crippen molar-refractivity contribution in [2.24, 2.45) is 5.92 Å². The molecular formula is C13H14F4O.